The number of hydrogen-bond donors (Lipinski definition) is 0. The SMILES string of the molecule is O=S1N=Cc2ccccc2C2=C1C=CCC2. The smallest absolute Gasteiger partial charge is 0.172 e. The Labute approximate surface area is 97.0 Å². The van der Waals surface area contributed by atoms with Crippen LogP contribution in [-0.4, -0.2) is 10.4 Å². The summed E-state index contributed by atoms with van der Waals surface area (Å²) in [5.74, 6) is 0. The lowest BCUT2D eigenvalue weighted by Gasteiger charge is -2.13. The minimum atomic E-state index is -1.24. The highest BCUT2D eigenvalue weighted by molar-refractivity contribution is 7.88. The largest absolute Gasteiger partial charge is 0.229 e. The lowest BCUT2D eigenvalue weighted by atomic mass is 9.94. The van der Waals surface area contributed by atoms with Crippen LogP contribution >= 0.6 is 0 Å². The van der Waals surface area contributed by atoms with Crippen LogP contribution in [0.15, 0.2) is 45.7 Å². The van der Waals surface area contributed by atoms with Gasteiger partial charge in [0.25, 0.3) is 0 Å². The van der Waals surface area contributed by atoms with E-state index in [9.17, 15) is 4.21 Å². The molecule has 1 aliphatic carbocycles. The third-order valence-electron chi connectivity index (χ3n) is 2.89. The molecular weight excluding hydrogens is 218 g/mol. The second kappa shape index (κ2) is 3.83. The normalized spacial score (nSPS) is 22.6. The summed E-state index contributed by atoms with van der Waals surface area (Å²) in [6, 6.07) is 8.10. The van der Waals surface area contributed by atoms with Crippen LogP contribution in [0.4, 0.5) is 0 Å². The van der Waals surface area contributed by atoms with Crippen LogP contribution in [0.25, 0.3) is 5.57 Å². The quantitative estimate of drug-likeness (QED) is 0.672. The average Bonchev–Trinajstić information content (AvgIpc) is 2.49. The van der Waals surface area contributed by atoms with E-state index in [1.165, 1.54) is 11.1 Å². The maximum atomic E-state index is 11.9. The van der Waals surface area contributed by atoms with Gasteiger partial charge in [-0.15, -0.1) is 0 Å². The van der Waals surface area contributed by atoms with E-state index in [0.29, 0.717) is 0 Å². The molecule has 2 aliphatic rings. The van der Waals surface area contributed by atoms with Gasteiger partial charge < -0.3 is 0 Å². The minimum absolute atomic E-state index is 0.868. The molecule has 80 valence electrons. The van der Waals surface area contributed by atoms with E-state index in [0.717, 1.165) is 23.3 Å². The third-order valence-corrected chi connectivity index (χ3v) is 3.94. The number of rotatable bonds is 0. The molecule has 0 amide bonds. The molecular formula is C13H11NOS. The summed E-state index contributed by atoms with van der Waals surface area (Å²) in [5, 5.41) is 0. The molecule has 3 heteroatoms. The van der Waals surface area contributed by atoms with E-state index in [1.807, 2.05) is 24.3 Å². The van der Waals surface area contributed by atoms with Crippen LogP contribution in [0.2, 0.25) is 0 Å². The highest BCUT2D eigenvalue weighted by Gasteiger charge is 2.19. The van der Waals surface area contributed by atoms with Gasteiger partial charge in [-0.05, 0) is 30.1 Å². The first kappa shape index (κ1) is 9.73. The molecule has 0 fully saturated rings. The molecule has 0 radical (unpaired) electrons. The molecule has 1 unspecified atom stereocenters. The fraction of sp³-hybridized carbons (Fsp3) is 0.154. The van der Waals surface area contributed by atoms with Gasteiger partial charge in [-0.1, -0.05) is 30.3 Å². The Morgan fingerprint density at radius 1 is 1.25 bits per heavy atom. The molecule has 16 heavy (non-hydrogen) atoms. The van der Waals surface area contributed by atoms with E-state index in [2.05, 4.69) is 16.5 Å². The predicted octanol–water partition coefficient (Wildman–Crippen LogP) is 2.84. The van der Waals surface area contributed by atoms with Crippen molar-refractivity contribution in [2.75, 3.05) is 0 Å². The lowest BCUT2D eigenvalue weighted by Crippen LogP contribution is -1.98. The molecule has 1 aromatic rings. The molecule has 2 nitrogen and oxygen atoms in total. The predicted molar refractivity (Wildman–Crippen MR) is 67.5 cm³/mol. The summed E-state index contributed by atoms with van der Waals surface area (Å²) < 4.78 is 16.0. The van der Waals surface area contributed by atoms with Gasteiger partial charge in [0.2, 0.25) is 0 Å². The van der Waals surface area contributed by atoms with Gasteiger partial charge in [0.1, 0.15) is 0 Å². The second-order valence-electron chi connectivity index (χ2n) is 3.85. The van der Waals surface area contributed by atoms with E-state index in [-0.39, 0.29) is 0 Å². The minimum Gasteiger partial charge on any atom is -0.229 e. The van der Waals surface area contributed by atoms with E-state index in [4.69, 9.17) is 0 Å². The van der Waals surface area contributed by atoms with Crippen molar-refractivity contribution in [2.24, 2.45) is 4.40 Å². The van der Waals surface area contributed by atoms with Crippen molar-refractivity contribution in [3.8, 4) is 0 Å². The molecule has 0 N–H and O–H groups in total. The lowest BCUT2D eigenvalue weighted by molar-refractivity contribution is 0.688. The Morgan fingerprint density at radius 2 is 2.12 bits per heavy atom. The summed E-state index contributed by atoms with van der Waals surface area (Å²) in [6.07, 6.45) is 7.72. The maximum Gasteiger partial charge on any atom is 0.172 e. The van der Waals surface area contributed by atoms with Crippen molar-refractivity contribution >= 4 is 22.8 Å². The van der Waals surface area contributed by atoms with Crippen molar-refractivity contribution in [1.29, 1.82) is 0 Å². The van der Waals surface area contributed by atoms with Gasteiger partial charge in [0.15, 0.2) is 11.0 Å². The molecule has 1 heterocycles. The van der Waals surface area contributed by atoms with E-state index >= 15 is 0 Å². The van der Waals surface area contributed by atoms with Gasteiger partial charge in [0.05, 0.1) is 4.91 Å². The number of fused-ring (bicyclic) bond motifs is 2. The van der Waals surface area contributed by atoms with E-state index in [1.54, 1.807) is 6.21 Å². The van der Waals surface area contributed by atoms with Gasteiger partial charge in [-0.25, -0.2) is 4.21 Å². The molecule has 0 aromatic heterocycles. The second-order valence-corrected chi connectivity index (χ2v) is 5.00. The Balaban J connectivity index is 2.30. The maximum absolute atomic E-state index is 11.9. The first-order valence-corrected chi connectivity index (χ1v) is 6.42. The highest BCUT2D eigenvalue weighted by Crippen LogP contribution is 2.33. The summed E-state index contributed by atoms with van der Waals surface area (Å²) in [6.45, 7) is 0. The first-order chi connectivity index (χ1) is 7.86. The molecule has 0 bridgehead atoms. The van der Waals surface area contributed by atoms with Crippen molar-refractivity contribution < 1.29 is 4.21 Å². The van der Waals surface area contributed by atoms with Crippen molar-refractivity contribution in [1.82, 2.24) is 0 Å². The van der Waals surface area contributed by atoms with E-state index < -0.39 is 11.0 Å². The zero-order valence-corrected chi connectivity index (χ0v) is 9.54. The Kier molecular flexibility index (Phi) is 2.33. The zero-order chi connectivity index (χ0) is 11.0. The Hall–Kier alpha value is -1.48. The van der Waals surface area contributed by atoms with Crippen LogP contribution in [0.5, 0.6) is 0 Å². The molecule has 3 rings (SSSR count). The zero-order valence-electron chi connectivity index (χ0n) is 8.72. The van der Waals surface area contributed by atoms with Gasteiger partial charge in [-0.2, -0.15) is 4.40 Å². The fourth-order valence-corrected chi connectivity index (χ4v) is 3.08. The van der Waals surface area contributed by atoms with Crippen molar-refractivity contribution in [3.05, 3.63) is 52.4 Å². The van der Waals surface area contributed by atoms with Crippen LogP contribution in [-0.2, 0) is 11.0 Å². The molecule has 0 saturated carbocycles. The fourth-order valence-electron chi connectivity index (χ4n) is 2.12. The summed E-state index contributed by atoms with van der Waals surface area (Å²) in [7, 11) is -1.24. The average molecular weight is 229 g/mol. The number of hydrogen-bond acceptors (Lipinski definition) is 1. The van der Waals surface area contributed by atoms with Crippen LogP contribution in [0, 0.1) is 0 Å². The summed E-state index contributed by atoms with van der Waals surface area (Å²) >= 11 is 0. The van der Waals surface area contributed by atoms with Crippen molar-refractivity contribution in [2.45, 2.75) is 12.8 Å². The topological polar surface area (TPSA) is 29.4 Å². The number of benzene rings is 1. The van der Waals surface area contributed by atoms with Crippen LogP contribution < -0.4 is 0 Å². The van der Waals surface area contributed by atoms with Gasteiger partial charge in [-0.3, -0.25) is 0 Å². The summed E-state index contributed by atoms with van der Waals surface area (Å²) in [5.41, 5.74) is 3.43. The van der Waals surface area contributed by atoms with Crippen LogP contribution in [0.1, 0.15) is 24.0 Å². The monoisotopic (exact) mass is 229 g/mol. The van der Waals surface area contributed by atoms with Crippen molar-refractivity contribution in [3.63, 3.8) is 0 Å². The molecule has 0 saturated heterocycles. The molecule has 1 atom stereocenters. The van der Waals surface area contributed by atoms with Gasteiger partial charge >= 0.3 is 0 Å². The molecule has 1 aromatic carbocycles. The molecule has 0 spiro atoms. The summed E-state index contributed by atoms with van der Waals surface area (Å²) in [4.78, 5) is 0.868. The highest BCUT2D eigenvalue weighted by atomic mass is 32.2. The van der Waals surface area contributed by atoms with Gasteiger partial charge in [0, 0.05) is 11.8 Å². The van der Waals surface area contributed by atoms with Crippen LogP contribution in [0.3, 0.4) is 0 Å². The number of allylic oxidation sites excluding steroid dienone is 3. The number of nitrogens with zero attached hydrogens (tertiary/aromatic N) is 1. The third kappa shape index (κ3) is 1.48. The standard InChI is InChI=1S/C13H11NOS/c15-16-13-8-4-3-7-12(13)11-6-2-1-5-10(11)9-14-16/h1-2,4-6,8-9H,3,7H2. The first-order valence-electron chi connectivity index (χ1n) is 5.31. The molecule has 1 aliphatic heterocycles. The Morgan fingerprint density at radius 3 is 3.06 bits per heavy atom. The Bertz CT molecular complexity index is 555.